The normalized spacial score (nSPS) is 14.9. The number of para-hydroxylation sites is 1. The summed E-state index contributed by atoms with van der Waals surface area (Å²) in [7, 11) is 0. The van der Waals surface area contributed by atoms with Crippen LogP contribution in [-0.2, 0) is 20.9 Å². The van der Waals surface area contributed by atoms with Gasteiger partial charge in [-0.15, -0.1) is 0 Å². The Kier molecular flexibility index (Phi) is 6.21. The SMILES string of the molecule is CCN(C(=O)COC(=O)Cn1cnc2ccccc2c1=O)C1CCCCC1. The zero-order chi connectivity index (χ0) is 19.2. The summed E-state index contributed by atoms with van der Waals surface area (Å²) in [6, 6.07) is 7.19. The summed E-state index contributed by atoms with van der Waals surface area (Å²) in [5.74, 6) is -0.802. The van der Waals surface area contributed by atoms with Crippen LogP contribution < -0.4 is 5.56 Å². The Morgan fingerprint density at radius 1 is 1.22 bits per heavy atom. The van der Waals surface area contributed by atoms with Crippen LogP contribution in [0, 0.1) is 0 Å². The third-order valence-electron chi connectivity index (χ3n) is 5.06. The second-order valence-electron chi connectivity index (χ2n) is 6.83. The predicted octanol–water partition coefficient (Wildman–Crippen LogP) is 2.12. The summed E-state index contributed by atoms with van der Waals surface area (Å²) >= 11 is 0. The molecule has 0 bridgehead atoms. The van der Waals surface area contributed by atoms with E-state index in [-0.39, 0.29) is 30.7 Å². The number of amides is 1. The first kappa shape index (κ1) is 19.1. The van der Waals surface area contributed by atoms with Gasteiger partial charge in [0.1, 0.15) is 6.54 Å². The molecule has 7 nitrogen and oxygen atoms in total. The van der Waals surface area contributed by atoms with Crippen LogP contribution in [0.25, 0.3) is 10.9 Å². The smallest absolute Gasteiger partial charge is 0.326 e. The highest BCUT2D eigenvalue weighted by atomic mass is 16.5. The van der Waals surface area contributed by atoms with Gasteiger partial charge in [0.05, 0.1) is 17.2 Å². The van der Waals surface area contributed by atoms with Gasteiger partial charge in [0, 0.05) is 12.6 Å². The summed E-state index contributed by atoms with van der Waals surface area (Å²) in [5.41, 5.74) is 0.273. The molecule has 1 aliphatic carbocycles. The van der Waals surface area contributed by atoms with Gasteiger partial charge >= 0.3 is 5.97 Å². The van der Waals surface area contributed by atoms with E-state index in [1.165, 1.54) is 17.3 Å². The van der Waals surface area contributed by atoms with Crippen LogP contribution >= 0.6 is 0 Å². The van der Waals surface area contributed by atoms with Gasteiger partial charge in [-0.25, -0.2) is 4.98 Å². The Balaban J connectivity index is 1.58. The lowest BCUT2D eigenvalue weighted by Gasteiger charge is -2.33. The maximum Gasteiger partial charge on any atom is 0.326 e. The number of fused-ring (bicyclic) bond motifs is 1. The van der Waals surface area contributed by atoms with Crippen molar-refractivity contribution in [1.82, 2.24) is 14.5 Å². The third-order valence-corrected chi connectivity index (χ3v) is 5.06. The summed E-state index contributed by atoms with van der Waals surface area (Å²) in [6.07, 6.45) is 6.81. The van der Waals surface area contributed by atoms with E-state index in [2.05, 4.69) is 4.98 Å². The monoisotopic (exact) mass is 371 g/mol. The average molecular weight is 371 g/mol. The van der Waals surface area contributed by atoms with Crippen molar-refractivity contribution in [2.45, 2.75) is 51.6 Å². The van der Waals surface area contributed by atoms with Gasteiger partial charge in [-0.2, -0.15) is 0 Å². The summed E-state index contributed by atoms with van der Waals surface area (Å²) in [5, 5.41) is 0.443. The molecule has 0 N–H and O–H groups in total. The van der Waals surface area contributed by atoms with Gasteiger partial charge in [0.25, 0.3) is 11.5 Å². The number of ether oxygens (including phenoxy) is 1. The molecule has 1 aromatic heterocycles. The van der Waals surface area contributed by atoms with Crippen LogP contribution in [0.5, 0.6) is 0 Å². The highest BCUT2D eigenvalue weighted by molar-refractivity contribution is 5.81. The number of carbonyl (C=O) groups excluding carboxylic acids is 2. The quantitative estimate of drug-likeness (QED) is 0.727. The second kappa shape index (κ2) is 8.79. The summed E-state index contributed by atoms with van der Waals surface area (Å²) < 4.78 is 6.33. The number of rotatable bonds is 6. The number of nitrogens with zero attached hydrogens (tertiary/aromatic N) is 3. The minimum Gasteiger partial charge on any atom is -0.454 e. The number of aromatic nitrogens is 2. The highest BCUT2D eigenvalue weighted by Gasteiger charge is 2.24. The maximum atomic E-state index is 12.4. The molecule has 0 saturated heterocycles. The Morgan fingerprint density at radius 3 is 2.70 bits per heavy atom. The number of benzene rings is 1. The molecule has 1 aliphatic rings. The van der Waals surface area contributed by atoms with Crippen LogP contribution in [0.1, 0.15) is 39.0 Å². The van der Waals surface area contributed by atoms with E-state index in [1.807, 2.05) is 6.92 Å². The zero-order valence-corrected chi connectivity index (χ0v) is 15.6. The van der Waals surface area contributed by atoms with Crippen molar-refractivity contribution < 1.29 is 14.3 Å². The van der Waals surface area contributed by atoms with E-state index in [1.54, 1.807) is 29.2 Å². The average Bonchev–Trinajstić information content (AvgIpc) is 2.70. The summed E-state index contributed by atoms with van der Waals surface area (Å²) in [6.45, 7) is 1.99. The molecule has 1 aromatic carbocycles. The van der Waals surface area contributed by atoms with Gasteiger partial charge in [-0.1, -0.05) is 31.4 Å². The molecule has 3 rings (SSSR count). The molecule has 0 atom stereocenters. The van der Waals surface area contributed by atoms with E-state index in [0.29, 0.717) is 17.4 Å². The van der Waals surface area contributed by atoms with Crippen molar-refractivity contribution in [3.8, 4) is 0 Å². The van der Waals surface area contributed by atoms with Gasteiger partial charge in [-0.3, -0.25) is 19.0 Å². The molecule has 0 spiro atoms. The van der Waals surface area contributed by atoms with Gasteiger partial charge in [0.2, 0.25) is 0 Å². The lowest BCUT2D eigenvalue weighted by Crippen LogP contribution is -2.43. The van der Waals surface area contributed by atoms with Crippen LogP contribution in [0.3, 0.4) is 0 Å². The number of esters is 1. The third kappa shape index (κ3) is 4.53. The topological polar surface area (TPSA) is 81.5 Å². The van der Waals surface area contributed by atoms with Crippen LogP contribution in [-0.4, -0.2) is 45.5 Å². The first-order valence-corrected chi connectivity index (χ1v) is 9.49. The Bertz CT molecular complexity index is 871. The number of carbonyl (C=O) groups is 2. The van der Waals surface area contributed by atoms with Crippen molar-refractivity contribution in [3.63, 3.8) is 0 Å². The molecular formula is C20H25N3O4. The minimum absolute atomic E-state index is 0.179. The molecule has 0 unspecified atom stereocenters. The number of hydrogen-bond acceptors (Lipinski definition) is 5. The minimum atomic E-state index is -0.623. The Morgan fingerprint density at radius 2 is 1.96 bits per heavy atom. The highest BCUT2D eigenvalue weighted by Crippen LogP contribution is 2.22. The van der Waals surface area contributed by atoms with Crippen molar-refractivity contribution in [3.05, 3.63) is 40.9 Å². The van der Waals surface area contributed by atoms with Gasteiger partial charge in [-0.05, 0) is 31.9 Å². The van der Waals surface area contributed by atoms with Crippen LogP contribution in [0.4, 0.5) is 0 Å². The van der Waals surface area contributed by atoms with Crippen molar-refractivity contribution in [2.75, 3.05) is 13.2 Å². The molecule has 0 aliphatic heterocycles. The van der Waals surface area contributed by atoms with E-state index in [4.69, 9.17) is 4.74 Å². The first-order valence-electron chi connectivity index (χ1n) is 9.49. The Hall–Kier alpha value is -2.70. The standard InChI is InChI=1S/C20H25N3O4/c1-2-23(15-8-4-3-5-9-15)18(24)13-27-19(25)12-22-14-21-17-11-7-6-10-16(17)20(22)26/h6-7,10-11,14-15H,2-5,8-9,12-13H2,1H3. The molecule has 1 heterocycles. The molecule has 1 saturated carbocycles. The van der Waals surface area contributed by atoms with Crippen LogP contribution in [0.15, 0.2) is 35.4 Å². The lowest BCUT2D eigenvalue weighted by molar-refractivity contribution is -0.153. The van der Waals surface area contributed by atoms with Crippen LogP contribution in [0.2, 0.25) is 0 Å². The molecule has 1 fully saturated rings. The van der Waals surface area contributed by atoms with Crippen molar-refractivity contribution >= 4 is 22.8 Å². The van der Waals surface area contributed by atoms with E-state index in [9.17, 15) is 14.4 Å². The fraction of sp³-hybridized carbons (Fsp3) is 0.500. The first-order chi connectivity index (χ1) is 13.1. The summed E-state index contributed by atoms with van der Waals surface area (Å²) in [4.78, 5) is 42.9. The zero-order valence-electron chi connectivity index (χ0n) is 15.6. The molecule has 144 valence electrons. The molecule has 0 radical (unpaired) electrons. The van der Waals surface area contributed by atoms with Crippen molar-refractivity contribution in [1.29, 1.82) is 0 Å². The van der Waals surface area contributed by atoms with Gasteiger partial charge < -0.3 is 9.64 Å². The number of hydrogen-bond donors (Lipinski definition) is 0. The molecule has 2 aromatic rings. The maximum absolute atomic E-state index is 12.4. The van der Waals surface area contributed by atoms with E-state index >= 15 is 0 Å². The number of likely N-dealkylation sites (N-methyl/N-ethyl adjacent to an activating group) is 1. The molecular weight excluding hydrogens is 346 g/mol. The van der Waals surface area contributed by atoms with Crippen molar-refractivity contribution in [2.24, 2.45) is 0 Å². The fourth-order valence-corrected chi connectivity index (χ4v) is 3.66. The van der Waals surface area contributed by atoms with Gasteiger partial charge in [0.15, 0.2) is 6.61 Å². The van der Waals surface area contributed by atoms with E-state index in [0.717, 1.165) is 25.7 Å². The second-order valence-corrected chi connectivity index (χ2v) is 6.83. The molecule has 7 heteroatoms. The lowest BCUT2D eigenvalue weighted by atomic mass is 9.94. The largest absolute Gasteiger partial charge is 0.454 e. The molecule has 1 amide bonds. The molecule has 27 heavy (non-hydrogen) atoms. The fourth-order valence-electron chi connectivity index (χ4n) is 3.66. The van der Waals surface area contributed by atoms with E-state index < -0.39 is 5.97 Å². The Labute approximate surface area is 157 Å². The predicted molar refractivity (Wildman–Crippen MR) is 101 cm³/mol.